The third-order valence-electron chi connectivity index (χ3n) is 4.79. The highest BCUT2D eigenvalue weighted by Crippen LogP contribution is 2.38. The highest BCUT2D eigenvalue weighted by Gasteiger charge is 2.30. The van der Waals surface area contributed by atoms with Gasteiger partial charge in [0.1, 0.15) is 18.1 Å². The second kappa shape index (κ2) is 7.64. The van der Waals surface area contributed by atoms with E-state index in [1.54, 1.807) is 12.1 Å². The molecular weight excluding hydrogens is 416 g/mol. The topological polar surface area (TPSA) is 35.5 Å². The minimum Gasteiger partial charge on any atom is -0.489 e. The summed E-state index contributed by atoms with van der Waals surface area (Å²) in [6.45, 7) is 4.44. The predicted molar refractivity (Wildman–Crippen MR) is 114 cm³/mol. The fourth-order valence-electron chi connectivity index (χ4n) is 3.23. The molecule has 0 aromatic heterocycles. The SMILES string of the molecule is Cc1ccccc1COc1cc(C)c2c(c1)O/C(=C\c1ccccc1Br)C2=O. The first-order valence-electron chi connectivity index (χ1n) is 9.03. The fraction of sp³-hybridized carbons (Fsp3) is 0.125. The molecule has 140 valence electrons. The van der Waals surface area contributed by atoms with E-state index in [9.17, 15) is 4.79 Å². The van der Waals surface area contributed by atoms with Crippen molar-refractivity contribution in [2.45, 2.75) is 20.5 Å². The van der Waals surface area contributed by atoms with Gasteiger partial charge in [0.25, 0.3) is 0 Å². The number of rotatable bonds is 4. The molecule has 3 aromatic rings. The summed E-state index contributed by atoms with van der Waals surface area (Å²) in [6.07, 6.45) is 1.76. The maximum absolute atomic E-state index is 12.8. The van der Waals surface area contributed by atoms with Crippen molar-refractivity contribution in [1.29, 1.82) is 0 Å². The van der Waals surface area contributed by atoms with Crippen LogP contribution < -0.4 is 9.47 Å². The van der Waals surface area contributed by atoms with Gasteiger partial charge < -0.3 is 9.47 Å². The van der Waals surface area contributed by atoms with Gasteiger partial charge in [-0.1, -0.05) is 58.4 Å². The number of hydrogen-bond donors (Lipinski definition) is 0. The van der Waals surface area contributed by atoms with E-state index in [1.165, 1.54) is 5.56 Å². The summed E-state index contributed by atoms with van der Waals surface area (Å²) in [5.74, 6) is 1.45. The van der Waals surface area contributed by atoms with E-state index < -0.39 is 0 Å². The van der Waals surface area contributed by atoms with Gasteiger partial charge in [-0.25, -0.2) is 0 Å². The summed E-state index contributed by atoms with van der Waals surface area (Å²) >= 11 is 3.50. The predicted octanol–water partition coefficient (Wildman–Crippen LogP) is 6.26. The van der Waals surface area contributed by atoms with Crippen molar-refractivity contribution in [2.24, 2.45) is 0 Å². The van der Waals surface area contributed by atoms with Crippen LogP contribution in [0.25, 0.3) is 6.08 Å². The third kappa shape index (κ3) is 3.60. The van der Waals surface area contributed by atoms with Crippen molar-refractivity contribution < 1.29 is 14.3 Å². The number of fused-ring (bicyclic) bond motifs is 1. The number of Topliss-reactive ketones (excluding diaryl/α,β-unsaturated/α-hetero) is 1. The average Bonchev–Trinajstić information content (AvgIpc) is 2.99. The first-order chi connectivity index (χ1) is 13.5. The molecule has 0 spiro atoms. The molecule has 0 fully saturated rings. The molecule has 0 aliphatic carbocycles. The molecule has 0 unspecified atom stereocenters. The van der Waals surface area contributed by atoms with Gasteiger partial charge in [-0.2, -0.15) is 0 Å². The number of hydrogen-bond acceptors (Lipinski definition) is 3. The molecule has 1 aliphatic rings. The molecule has 0 saturated heterocycles. The highest BCUT2D eigenvalue weighted by atomic mass is 79.9. The van der Waals surface area contributed by atoms with Crippen molar-refractivity contribution in [2.75, 3.05) is 0 Å². The molecule has 0 N–H and O–H groups in total. The molecule has 28 heavy (non-hydrogen) atoms. The molecule has 1 heterocycles. The summed E-state index contributed by atoms with van der Waals surface area (Å²) in [4.78, 5) is 12.8. The van der Waals surface area contributed by atoms with Crippen LogP contribution in [-0.4, -0.2) is 5.78 Å². The Morgan fingerprint density at radius 2 is 1.75 bits per heavy atom. The Hall–Kier alpha value is -2.85. The lowest BCUT2D eigenvalue weighted by Gasteiger charge is -2.10. The number of benzene rings is 3. The van der Waals surface area contributed by atoms with Gasteiger partial charge in [-0.3, -0.25) is 4.79 Å². The Kier molecular flexibility index (Phi) is 5.05. The van der Waals surface area contributed by atoms with E-state index in [-0.39, 0.29) is 5.78 Å². The fourth-order valence-corrected chi connectivity index (χ4v) is 3.63. The number of ketones is 1. The molecular formula is C24H19BrO3. The van der Waals surface area contributed by atoms with Gasteiger partial charge in [0.05, 0.1) is 5.56 Å². The van der Waals surface area contributed by atoms with Crippen LogP contribution in [0.2, 0.25) is 0 Å². The van der Waals surface area contributed by atoms with Crippen LogP contribution in [0.5, 0.6) is 11.5 Å². The van der Waals surface area contributed by atoms with Crippen LogP contribution in [0.1, 0.15) is 32.6 Å². The van der Waals surface area contributed by atoms with Crippen molar-refractivity contribution in [1.82, 2.24) is 0 Å². The molecule has 0 atom stereocenters. The van der Waals surface area contributed by atoms with Gasteiger partial charge in [-0.05, 0) is 54.3 Å². The van der Waals surface area contributed by atoms with E-state index in [0.717, 1.165) is 21.2 Å². The summed E-state index contributed by atoms with van der Waals surface area (Å²) < 4.78 is 12.8. The molecule has 0 amide bonds. The van der Waals surface area contributed by atoms with Crippen molar-refractivity contribution in [3.8, 4) is 11.5 Å². The maximum atomic E-state index is 12.8. The molecule has 1 aliphatic heterocycles. The molecule has 3 aromatic carbocycles. The summed E-state index contributed by atoms with van der Waals surface area (Å²) in [7, 11) is 0. The number of ether oxygens (including phenoxy) is 2. The Balaban J connectivity index is 1.60. The summed E-state index contributed by atoms with van der Waals surface area (Å²) in [5.41, 5.74) is 4.66. The van der Waals surface area contributed by atoms with Gasteiger partial charge in [0, 0.05) is 10.5 Å². The lowest BCUT2D eigenvalue weighted by molar-refractivity contribution is 0.101. The molecule has 0 radical (unpaired) electrons. The zero-order valence-electron chi connectivity index (χ0n) is 15.7. The number of allylic oxidation sites excluding steroid dienone is 1. The van der Waals surface area contributed by atoms with Crippen molar-refractivity contribution >= 4 is 27.8 Å². The number of halogens is 1. The first kappa shape index (κ1) is 18.5. The van der Waals surface area contributed by atoms with Gasteiger partial charge in [0.2, 0.25) is 5.78 Å². The minimum atomic E-state index is -0.103. The molecule has 4 heteroatoms. The van der Waals surface area contributed by atoms with E-state index in [2.05, 4.69) is 28.9 Å². The minimum absolute atomic E-state index is 0.103. The average molecular weight is 435 g/mol. The normalized spacial score (nSPS) is 14.1. The largest absolute Gasteiger partial charge is 0.489 e. The van der Waals surface area contributed by atoms with Crippen LogP contribution in [0.3, 0.4) is 0 Å². The number of carbonyl (C=O) groups is 1. The number of carbonyl (C=O) groups excluding carboxylic acids is 1. The van der Waals surface area contributed by atoms with Crippen molar-refractivity contribution in [3.63, 3.8) is 0 Å². The third-order valence-corrected chi connectivity index (χ3v) is 5.51. The van der Waals surface area contributed by atoms with Gasteiger partial charge in [0.15, 0.2) is 5.76 Å². The second-order valence-electron chi connectivity index (χ2n) is 6.79. The standard InChI is InChI=1S/C24H19BrO3/c1-15-7-3-4-9-18(15)14-27-19-11-16(2)23-21(13-19)28-22(24(23)26)12-17-8-5-6-10-20(17)25/h3-13H,14H2,1-2H3/b22-12-. The van der Waals surface area contributed by atoms with Crippen molar-refractivity contribution in [3.05, 3.63) is 98.7 Å². The second-order valence-corrected chi connectivity index (χ2v) is 7.64. The molecule has 0 bridgehead atoms. The lowest BCUT2D eigenvalue weighted by Crippen LogP contribution is -2.00. The summed E-state index contributed by atoms with van der Waals surface area (Å²) in [5, 5.41) is 0. The molecule has 4 rings (SSSR count). The molecule has 3 nitrogen and oxygen atoms in total. The van der Waals surface area contributed by atoms with Crippen LogP contribution in [0.4, 0.5) is 0 Å². The molecule has 0 saturated carbocycles. The van der Waals surface area contributed by atoms with Crippen LogP contribution in [0, 0.1) is 13.8 Å². The van der Waals surface area contributed by atoms with Crippen LogP contribution in [0.15, 0.2) is 70.9 Å². The highest BCUT2D eigenvalue weighted by molar-refractivity contribution is 9.10. The van der Waals surface area contributed by atoms with E-state index in [0.29, 0.717) is 29.4 Å². The van der Waals surface area contributed by atoms with Crippen LogP contribution in [-0.2, 0) is 6.61 Å². The van der Waals surface area contributed by atoms with Crippen LogP contribution >= 0.6 is 15.9 Å². The Morgan fingerprint density at radius 3 is 2.54 bits per heavy atom. The monoisotopic (exact) mass is 434 g/mol. The smallest absolute Gasteiger partial charge is 0.232 e. The quantitative estimate of drug-likeness (QED) is 0.454. The first-order valence-corrected chi connectivity index (χ1v) is 9.83. The lowest BCUT2D eigenvalue weighted by atomic mass is 10.0. The van der Waals surface area contributed by atoms with E-state index >= 15 is 0 Å². The Bertz CT molecular complexity index is 1100. The zero-order valence-corrected chi connectivity index (χ0v) is 17.2. The van der Waals surface area contributed by atoms with Gasteiger partial charge in [-0.15, -0.1) is 0 Å². The summed E-state index contributed by atoms with van der Waals surface area (Å²) in [6, 6.07) is 19.5. The van der Waals surface area contributed by atoms with E-state index in [1.807, 2.05) is 55.5 Å². The number of aryl methyl sites for hydroxylation is 2. The maximum Gasteiger partial charge on any atom is 0.232 e. The van der Waals surface area contributed by atoms with E-state index in [4.69, 9.17) is 9.47 Å². The zero-order chi connectivity index (χ0) is 19.7. The Morgan fingerprint density at radius 1 is 1.00 bits per heavy atom. The van der Waals surface area contributed by atoms with Gasteiger partial charge >= 0.3 is 0 Å². The Labute approximate surface area is 172 Å².